The van der Waals surface area contributed by atoms with Gasteiger partial charge in [-0.15, -0.1) is 0 Å². The normalized spacial score (nSPS) is 11.1. The van der Waals surface area contributed by atoms with Gasteiger partial charge in [-0.3, -0.25) is 9.48 Å². The van der Waals surface area contributed by atoms with Crippen LogP contribution in [0.2, 0.25) is 0 Å². The molecule has 1 heterocycles. The summed E-state index contributed by atoms with van der Waals surface area (Å²) in [5, 5.41) is 17.2. The lowest BCUT2D eigenvalue weighted by atomic mass is 9.97. The summed E-state index contributed by atoms with van der Waals surface area (Å²) in [4.78, 5) is 14.6. The van der Waals surface area contributed by atoms with Crippen molar-refractivity contribution in [2.45, 2.75) is 33.5 Å². The van der Waals surface area contributed by atoms with Crippen LogP contribution in [0, 0.1) is 13.8 Å². The number of nitrogens with zero attached hydrogens (tertiary/aromatic N) is 3. The first-order valence-electron chi connectivity index (χ1n) is 10.1. The molecule has 3 aromatic rings. The van der Waals surface area contributed by atoms with Crippen molar-refractivity contribution in [3.8, 4) is 11.1 Å². The molecule has 2 aromatic carbocycles. The second-order valence-electron chi connectivity index (χ2n) is 7.87. The molecule has 30 heavy (non-hydrogen) atoms. The Labute approximate surface area is 178 Å². The van der Waals surface area contributed by atoms with E-state index in [1.807, 2.05) is 75.1 Å². The van der Waals surface area contributed by atoms with Crippen LogP contribution in [0.3, 0.4) is 0 Å². The Hall–Kier alpha value is -2.96. The van der Waals surface area contributed by atoms with Gasteiger partial charge >= 0.3 is 0 Å². The van der Waals surface area contributed by atoms with Crippen molar-refractivity contribution in [2.24, 2.45) is 0 Å². The summed E-state index contributed by atoms with van der Waals surface area (Å²) in [6.45, 7) is 5.93. The molecule has 1 aromatic heterocycles. The maximum Gasteiger partial charge on any atom is 0.251 e. The number of amides is 1. The zero-order chi connectivity index (χ0) is 21.7. The first-order chi connectivity index (χ1) is 14.4. The van der Waals surface area contributed by atoms with Crippen LogP contribution in [0.4, 0.5) is 0 Å². The molecule has 0 atom stereocenters. The van der Waals surface area contributed by atoms with Gasteiger partial charge in [0, 0.05) is 24.3 Å². The molecule has 3 rings (SSSR count). The topological polar surface area (TPSA) is 70.4 Å². The number of aliphatic hydroxyl groups is 1. The summed E-state index contributed by atoms with van der Waals surface area (Å²) in [5.41, 5.74) is 6.68. The first-order valence-corrected chi connectivity index (χ1v) is 10.1. The van der Waals surface area contributed by atoms with Gasteiger partial charge in [0.2, 0.25) is 0 Å². The highest BCUT2D eigenvalue weighted by Gasteiger charge is 2.10. The molecule has 0 saturated carbocycles. The number of aromatic nitrogens is 2. The van der Waals surface area contributed by atoms with Crippen molar-refractivity contribution in [1.29, 1.82) is 0 Å². The van der Waals surface area contributed by atoms with Crippen molar-refractivity contribution in [1.82, 2.24) is 20.0 Å². The molecule has 6 nitrogen and oxygen atoms in total. The second kappa shape index (κ2) is 9.69. The zero-order valence-corrected chi connectivity index (χ0v) is 18.1. The molecule has 0 fully saturated rings. The largest absolute Gasteiger partial charge is 0.392 e. The first kappa shape index (κ1) is 21.7. The third-order valence-corrected chi connectivity index (χ3v) is 5.01. The van der Waals surface area contributed by atoms with E-state index in [9.17, 15) is 9.90 Å². The van der Waals surface area contributed by atoms with Gasteiger partial charge in [0.15, 0.2) is 0 Å². The average Bonchev–Trinajstić information content (AvgIpc) is 3.04. The van der Waals surface area contributed by atoms with E-state index in [0.29, 0.717) is 18.7 Å². The monoisotopic (exact) mass is 406 g/mol. The minimum Gasteiger partial charge on any atom is -0.392 e. The lowest BCUT2D eigenvalue weighted by Crippen LogP contribution is -2.27. The Balaban J connectivity index is 1.65. The number of hydrogen-bond acceptors (Lipinski definition) is 4. The molecule has 0 aliphatic heterocycles. The molecular weight excluding hydrogens is 376 g/mol. The lowest BCUT2D eigenvalue weighted by molar-refractivity contribution is 0.0952. The van der Waals surface area contributed by atoms with Gasteiger partial charge in [-0.2, -0.15) is 5.10 Å². The number of hydrogen-bond donors (Lipinski definition) is 2. The second-order valence-corrected chi connectivity index (χ2v) is 7.87. The highest BCUT2D eigenvalue weighted by Crippen LogP contribution is 2.26. The highest BCUT2D eigenvalue weighted by atomic mass is 16.3. The molecule has 0 unspecified atom stereocenters. The summed E-state index contributed by atoms with van der Waals surface area (Å²) >= 11 is 0. The smallest absolute Gasteiger partial charge is 0.251 e. The van der Waals surface area contributed by atoms with Gasteiger partial charge in [-0.05, 0) is 68.4 Å². The summed E-state index contributed by atoms with van der Waals surface area (Å²) in [6, 6.07) is 15.7. The number of benzene rings is 2. The van der Waals surface area contributed by atoms with Gasteiger partial charge in [-0.1, -0.05) is 30.3 Å². The number of carbonyl (C=O) groups is 1. The molecule has 2 N–H and O–H groups in total. The maximum atomic E-state index is 12.5. The molecular formula is C24H30N4O2. The fourth-order valence-electron chi connectivity index (χ4n) is 3.60. The minimum absolute atomic E-state index is 0.0227. The molecule has 6 heteroatoms. The van der Waals surface area contributed by atoms with Crippen LogP contribution < -0.4 is 5.32 Å². The Bertz CT molecular complexity index is 1010. The van der Waals surface area contributed by atoms with E-state index in [1.54, 1.807) is 0 Å². The van der Waals surface area contributed by atoms with Crippen molar-refractivity contribution in [3.05, 3.63) is 76.6 Å². The molecule has 0 saturated heterocycles. The predicted molar refractivity (Wildman–Crippen MR) is 119 cm³/mol. The van der Waals surface area contributed by atoms with E-state index >= 15 is 0 Å². The molecule has 1 amide bonds. The molecule has 0 aliphatic carbocycles. The SMILES string of the molecule is Cc1cc(C)n(CCNC(=O)c2ccc(-c3ccc(CN(C)C)cc3CO)cc2)n1. The van der Waals surface area contributed by atoms with E-state index in [4.69, 9.17) is 0 Å². The number of rotatable bonds is 8. The fourth-order valence-corrected chi connectivity index (χ4v) is 3.60. The van der Waals surface area contributed by atoms with Crippen LogP contribution in [0.1, 0.15) is 32.9 Å². The Morgan fingerprint density at radius 2 is 1.83 bits per heavy atom. The molecule has 158 valence electrons. The Kier molecular flexibility index (Phi) is 7.03. The minimum atomic E-state index is -0.105. The van der Waals surface area contributed by atoms with Gasteiger partial charge < -0.3 is 15.3 Å². The third kappa shape index (κ3) is 5.34. The van der Waals surface area contributed by atoms with Crippen molar-refractivity contribution < 1.29 is 9.90 Å². The molecule has 0 spiro atoms. The fraction of sp³-hybridized carbons (Fsp3) is 0.333. The lowest BCUT2D eigenvalue weighted by Gasteiger charge is -2.14. The quantitative estimate of drug-likeness (QED) is 0.603. The van der Waals surface area contributed by atoms with Crippen molar-refractivity contribution >= 4 is 5.91 Å². The highest BCUT2D eigenvalue weighted by molar-refractivity contribution is 5.94. The van der Waals surface area contributed by atoms with E-state index in [2.05, 4.69) is 21.4 Å². The van der Waals surface area contributed by atoms with Gasteiger partial charge in [0.25, 0.3) is 5.91 Å². The maximum absolute atomic E-state index is 12.5. The van der Waals surface area contributed by atoms with Crippen LogP contribution in [0.5, 0.6) is 0 Å². The molecule has 0 aliphatic rings. The Morgan fingerprint density at radius 3 is 2.43 bits per heavy atom. The van der Waals surface area contributed by atoms with Crippen molar-refractivity contribution in [3.63, 3.8) is 0 Å². The molecule has 0 radical (unpaired) electrons. The number of aryl methyl sites for hydroxylation is 2. The standard InChI is InChI=1S/C24H30N4O2/c1-17-13-18(2)28(26-17)12-11-25-24(30)21-8-6-20(7-9-21)23-10-5-19(15-27(3)4)14-22(23)16-29/h5-10,13-14,29H,11-12,15-16H2,1-4H3,(H,25,30). The molecule has 0 bridgehead atoms. The van der Waals surface area contributed by atoms with E-state index in [-0.39, 0.29) is 12.5 Å². The van der Waals surface area contributed by atoms with Crippen molar-refractivity contribution in [2.75, 3.05) is 20.6 Å². The zero-order valence-electron chi connectivity index (χ0n) is 18.1. The van der Waals surface area contributed by atoms with Crippen LogP contribution in [0.15, 0.2) is 48.5 Å². The Morgan fingerprint density at radius 1 is 1.10 bits per heavy atom. The third-order valence-electron chi connectivity index (χ3n) is 5.01. The van der Waals surface area contributed by atoms with E-state index in [0.717, 1.165) is 40.2 Å². The van der Waals surface area contributed by atoms with Crippen LogP contribution in [0.25, 0.3) is 11.1 Å². The average molecular weight is 407 g/mol. The summed E-state index contributed by atoms with van der Waals surface area (Å²) in [6.07, 6.45) is 0. The van der Waals surface area contributed by atoms with Gasteiger partial charge in [0.1, 0.15) is 0 Å². The summed E-state index contributed by atoms with van der Waals surface area (Å²) in [5.74, 6) is -0.105. The number of nitrogens with one attached hydrogen (secondary N) is 1. The predicted octanol–water partition coefficient (Wildman–Crippen LogP) is 3.15. The van der Waals surface area contributed by atoms with Gasteiger partial charge in [-0.25, -0.2) is 0 Å². The number of aliphatic hydroxyl groups excluding tert-OH is 1. The summed E-state index contributed by atoms with van der Waals surface area (Å²) in [7, 11) is 4.04. The van der Waals surface area contributed by atoms with Gasteiger partial charge in [0.05, 0.1) is 18.8 Å². The summed E-state index contributed by atoms with van der Waals surface area (Å²) < 4.78 is 1.90. The van der Waals surface area contributed by atoms with E-state index in [1.165, 1.54) is 0 Å². The van der Waals surface area contributed by atoms with Crippen LogP contribution >= 0.6 is 0 Å². The van der Waals surface area contributed by atoms with Crippen LogP contribution in [-0.2, 0) is 19.7 Å². The number of carbonyl (C=O) groups excluding carboxylic acids is 1. The van der Waals surface area contributed by atoms with Crippen LogP contribution in [-0.4, -0.2) is 46.3 Å². The van der Waals surface area contributed by atoms with E-state index < -0.39 is 0 Å².